The number of methoxy groups -OCH3 is 2. The number of nitrogens with zero attached hydrogens (tertiary/aromatic N) is 3. The molecule has 5 heteroatoms. The average molecular weight is 526 g/mol. The van der Waals surface area contributed by atoms with Crippen molar-refractivity contribution in [3.63, 3.8) is 0 Å². The van der Waals surface area contributed by atoms with Crippen LogP contribution in [0.5, 0.6) is 11.5 Å². The Bertz CT molecular complexity index is 1550. The Hall–Kier alpha value is -5.03. The molecule has 0 aliphatic carbocycles. The maximum absolute atomic E-state index is 5.40. The molecule has 1 heterocycles. The normalized spacial score (nSPS) is 11.8. The number of pyridine rings is 1. The van der Waals surface area contributed by atoms with Crippen molar-refractivity contribution in [2.45, 2.75) is 13.8 Å². The molecule has 0 aliphatic rings. The third kappa shape index (κ3) is 6.00. The Kier molecular flexibility index (Phi) is 8.12. The van der Waals surface area contributed by atoms with Crippen LogP contribution >= 0.6 is 0 Å². The average Bonchev–Trinajstić information content (AvgIpc) is 3.00. The first-order valence-electron chi connectivity index (χ1n) is 13.1. The second-order valence-electron chi connectivity index (χ2n) is 9.37. The molecule has 0 aliphatic heterocycles. The second kappa shape index (κ2) is 12.2. The third-order valence-corrected chi connectivity index (χ3v) is 6.60. The van der Waals surface area contributed by atoms with Crippen molar-refractivity contribution in [3.05, 3.63) is 149 Å². The number of aryl methyl sites for hydroxylation is 2. The van der Waals surface area contributed by atoms with Gasteiger partial charge in [0.1, 0.15) is 11.5 Å². The lowest BCUT2D eigenvalue weighted by atomic mass is 10.0. The highest BCUT2D eigenvalue weighted by atomic mass is 16.5. The maximum atomic E-state index is 5.40. The molecule has 0 fully saturated rings. The summed E-state index contributed by atoms with van der Waals surface area (Å²) in [5.41, 5.74) is 8.79. The van der Waals surface area contributed by atoms with Gasteiger partial charge in [-0.15, -0.1) is 0 Å². The van der Waals surface area contributed by atoms with Crippen LogP contribution in [-0.4, -0.2) is 30.6 Å². The predicted molar refractivity (Wildman–Crippen MR) is 163 cm³/mol. The first-order valence-corrected chi connectivity index (χ1v) is 13.1. The van der Waals surface area contributed by atoms with Crippen LogP contribution < -0.4 is 9.47 Å². The number of rotatable bonds is 8. The van der Waals surface area contributed by atoms with Gasteiger partial charge in [-0.1, -0.05) is 66.7 Å². The summed E-state index contributed by atoms with van der Waals surface area (Å²) in [4.78, 5) is 15.4. The number of aromatic nitrogens is 1. The molecule has 40 heavy (non-hydrogen) atoms. The van der Waals surface area contributed by atoms with E-state index >= 15 is 0 Å². The van der Waals surface area contributed by atoms with Gasteiger partial charge in [0.25, 0.3) is 0 Å². The van der Waals surface area contributed by atoms with Crippen LogP contribution in [0, 0.1) is 13.8 Å². The minimum absolute atomic E-state index is 0.758. The summed E-state index contributed by atoms with van der Waals surface area (Å²) in [5, 5.41) is 0. The van der Waals surface area contributed by atoms with Gasteiger partial charge >= 0.3 is 0 Å². The standard InChI is InChI=1S/C35H31N3O2/c1-24-22-28(39-3)18-20-30(24)37-34(26-12-7-5-8-13-26)32-16-11-17-33(36-32)35(27-14-9-6-10-15-27)38-31-21-19-29(40-4)23-25(31)2/h5-23H,1-4H3/b37-34+,38-35+. The lowest BCUT2D eigenvalue weighted by Gasteiger charge is -2.13. The molecule has 0 amide bonds. The van der Waals surface area contributed by atoms with Crippen LogP contribution in [0.2, 0.25) is 0 Å². The summed E-state index contributed by atoms with van der Waals surface area (Å²) in [6.45, 7) is 4.07. The smallest absolute Gasteiger partial charge is 0.119 e. The molecule has 0 radical (unpaired) electrons. The highest BCUT2D eigenvalue weighted by molar-refractivity contribution is 6.16. The predicted octanol–water partition coefficient (Wildman–Crippen LogP) is 8.05. The fourth-order valence-electron chi connectivity index (χ4n) is 4.43. The van der Waals surface area contributed by atoms with Gasteiger partial charge in [-0.3, -0.25) is 0 Å². The van der Waals surface area contributed by atoms with Crippen molar-refractivity contribution in [1.82, 2.24) is 4.98 Å². The molecule has 1 aromatic heterocycles. The van der Waals surface area contributed by atoms with Gasteiger partial charge in [0.15, 0.2) is 0 Å². The summed E-state index contributed by atoms with van der Waals surface area (Å²) in [6, 6.07) is 38.1. The SMILES string of the molecule is COc1ccc(/N=C(\c2ccccc2)c2cccc(/C(=N/c3ccc(OC)cc3C)c3ccccc3)n2)c(C)c1. The molecular formula is C35H31N3O2. The molecule has 0 spiro atoms. The van der Waals surface area contributed by atoms with E-state index in [4.69, 9.17) is 24.4 Å². The van der Waals surface area contributed by atoms with E-state index in [0.717, 1.165) is 67.9 Å². The van der Waals surface area contributed by atoms with Crippen LogP contribution in [0.4, 0.5) is 11.4 Å². The van der Waals surface area contributed by atoms with Gasteiger partial charge in [0.05, 0.1) is 48.4 Å². The summed E-state index contributed by atoms with van der Waals surface area (Å²) < 4.78 is 10.8. The number of aliphatic imine (C=N–C) groups is 2. The van der Waals surface area contributed by atoms with Crippen molar-refractivity contribution in [2.24, 2.45) is 9.98 Å². The number of benzene rings is 4. The van der Waals surface area contributed by atoms with E-state index < -0.39 is 0 Å². The van der Waals surface area contributed by atoms with E-state index in [1.165, 1.54) is 0 Å². The topological polar surface area (TPSA) is 56.1 Å². The highest BCUT2D eigenvalue weighted by Gasteiger charge is 2.15. The fraction of sp³-hybridized carbons (Fsp3) is 0.114. The maximum Gasteiger partial charge on any atom is 0.119 e. The molecule has 0 saturated carbocycles. The number of hydrogen-bond donors (Lipinski definition) is 0. The minimum Gasteiger partial charge on any atom is -0.497 e. The van der Waals surface area contributed by atoms with E-state index in [2.05, 4.69) is 24.3 Å². The Morgan fingerprint density at radius 3 is 1.32 bits per heavy atom. The van der Waals surface area contributed by atoms with Gasteiger partial charge in [0.2, 0.25) is 0 Å². The van der Waals surface area contributed by atoms with Crippen molar-refractivity contribution in [1.29, 1.82) is 0 Å². The molecule has 0 unspecified atom stereocenters. The molecular weight excluding hydrogens is 494 g/mol. The fourth-order valence-corrected chi connectivity index (χ4v) is 4.43. The Balaban J connectivity index is 1.67. The van der Waals surface area contributed by atoms with Gasteiger partial charge in [0, 0.05) is 11.1 Å². The molecule has 0 bridgehead atoms. The lowest BCUT2D eigenvalue weighted by Crippen LogP contribution is -2.11. The largest absolute Gasteiger partial charge is 0.497 e. The van der Waals surface area contributed by atoms with Crippen molar-refractivity contribution < 1.29 is 9.47 Å². The van der Waals surface area contributed by atoms with E-state index in [1.54, 1.807) is 14.2 Å². The van der Waals surface area contributed by atoms with Crippen molar-refractivity contribution in [3.8, 4) is 11.5 Å². The van der Waals surface area contributed by atoms with E-state index in [-0.39, 0.29) is 0 Å². The second-order valence-corrected chi connectivity index (χ2v) is 9.37. The number of ether oxygens (including phenoxy) is 2. The van der Waals surface area contributed by atoms with Gasteiger partial charge < -0.3 is 9.47 Å². The lowest BCUT2D eigenvalue weighted by molar-refractivity contribution is 0.414. The zero-order valence-corrected chi connectivity index (χ0v) is 23.1. The summed E-state index contributed by atoms with van der Waals surface area (Å²) in [6.07, 6.45) is 0. The molecule has 5 aromatic rings. The summed E-state index contributed by atoms with van der Waals surface area (Å²) >= 11 is 0. The van der Waals surface area contributed by atoms with Crippen molar-refractivity contribution >= 4 is 22.8 Å². The van der Waals surface area contributed by atoms with Gasteiger partial charge in [-0.25, -0.2) is 15.0 Å². The molecule has 0 saturated heterocycles. The molecule has 0 atom stereocenters. The molecule has 0 N–H and O–H groups in total. The zero-order chi connectivity index (χ0) is 27.9. The van der Waals surface area contributed by atoms with Gasteiger partial charge in [-0.2, -0.15) is 0 Å². The van der Waals surface area contributed by atoms with Crippen LogP contribution in [0.25, 0.3) is 0 Å². The summed E-state index contributed by atoms with van der Waals surface area (Å²) in [5.74, 6) is 1.60. The van der Waals surface area contributed by atoms with E-state index in [0.29, 0.717) is 0 Å². The molecule has 4 aromatic carbocycles. The quantitative estimate of drug-likeness (QED) is 0.193. The van der Waals surface area contributed by atoms with E-state index in [1.807, 2.05) is 105 Å². The van der Waals surface area contributed by atoms with Crippen LogP contribution in [0.1, 0.15) is 33.6 Å². The summed E-state index contributed by atoms with van der Waals surface area (Å²) in [7, 11) is 3.34. The highest BCUT2D eigenvalue weighted by Crippen LogP contribution is 2.28. The van der Waals surface area contributed by atoms with Crippen LogP contribution in [-0.2, 0) is 0 Å². The molecule has 5 nitrogen and oxygen atoms in total. The van der Waals surface area contributed by atoms with E-state index in [9.17, 15) is 0 Å². The van der Waals surface area contributed by atoms with Crippen LogP contribution in [0.3, 0.4) is 0 Å². The van der Waals surface area contributed by atoms with Crippen LogP contribution in [0.15, 0.2) is 125 Å². The Morgan fingerprint density at radius 1 is 0.525 bits per heavy atom. The minimum atomic E-state index is 0.758. The third-order valence-electron chi connectivity index (χ3n) is 6.60. The Labute approximate surface area is 235 Å². The zero-order valence-electron chi connectivity index (χ0n) is 23.1. The first kappa shape index (κ1) is 26.6. The Morgan fingerprint density at radius 2 is 0.950 bits per heavy atom. The monoisotopic (exact) mass is 525 g/mol. The molecule has 5 rings (SSSR count). The van der Waals surface area contributed by atoms with Gasteiger partial charge in [-0.05, 0) is 73.5 Å². The molecule has 198 valence electrons. The van der Waals surface area contributed by atoms with Crippen molar-refractivity contribution in [2.75, 3.05) is 14.2 Å². The number of hydrogen-bond acceptors (Lipinski definition) is 5. The first-order chi connectivity index (χ1) is 19.6.